The van der Waals surface area contributed by atoms with Gasteiger partial charge in [-0.05, 0) is 31.5 Å². The van der Waals surface area contributed by atoms with Crippen molar-refractivity contribution in [3.8, 4) is 22.2 Å². The SMILES string of the molecule is Cc1nc(Oc2c(C)cc(NS(=O)(=O)CC(F)(F)F)c3ccccc23)c(-c2ccnc(N[C@@H]3CNC[C@@H](F)C3)n2)s1. The van der Waals surface area contributed by atoms with Crippen LogP contribution in [0.1, 0.15) is 17.0 Å². The normalized spacial score (nSPS) is 17.9. The van der Waals surface area contributed by atoms with Crippen LogP contribution in [-0.4, -0.2) is 60.6 Å². The van der Waals surface area contributed by atoms with E-state index in [0.29, 0.717) is 63.1 Å². The van der Waals surface area contributed by atoms with E-state index in [1.165, 1.54) is 17.4 Å². The number of hydrogen-bond donors (Lipinski definition) is 3. The summed E-state index contributed by atoms with van der Waals surface area (Å²) in [5, 5.41) is 7.71. The number of nitrogens with zero attached hydrogens (tertiary/aromatic N) is 3. The van der Waals surface area contributed by atoms with Gasteiger partial charge in [-0.3, -0.25) is 4.72 Å². The third kappa shape index (κ3) is 7.02. The average Bonchev–Trinajstić information content (AvgIpc) is 3.25. The molecule has 1 aliphatic heterocycles. The molecular formula is C26H26F4N6O3S2. The van der Waals surface area contributed by atoms with Gasteiger partial charge in [0, 0.05) is 42.5 Å². The highest BCUT2D eigenvalue weighted by atomic mass is 32.2. The average molecular weight is 611 g/mol. The Kier molecular flexibility index (Phi) is 8.03. The van der Waals surface area contributed by atoms with E-state index in [4.69, 9.17) is 4.74 Å². The van der Waals surface area contributed by atoms with Crippen molar-refractivity contribution in [3.63, 3.8) is 0 Å². The van der Waals surface area contributed by atoms with Gasteiger partial charge in [-0.2, -0.15) is 13.2 Å². The standard InChI is InChI=1S/C26H26F4N6O3S2/c1-14-9-21(36-41(37,38)13-26(28,29)30)18-5-3-4-6-19(18)22(14)39-24-23(40-15(2)33-24)20-7-8-32-25(35-20)34-17-10-16(27)11-31-12-17/h3-9,16-17,31,36H,10-13H2,1-2H3,(H,32,34,35)/t16-,17-/m0/s1. The molecule has 0 saturated carbocycles. The number of halogens is 4. The second kappa shape index (κ2) is 11.4. The summed E-state index contributed by atoms with van der Waals surface area (Å²) in [6, 6.07) is 9.57. The number of fused-ring (bicyclic) bond motifs is 1. The number of benzene rings is 2. The number of aromatic nitrogens is 3. The lowest BCUT2D eigenvalue weighted by molar-refractivity contribution is -0.106. The van der Waals surface area contributed by atoms with Gasteiger partial charge in [0.15, 0.2) is 5.75 Å². The number of hydrogen-bond acceptors (Lipinski definition) is 9. The van der Waals surface area contributed by atoms with Crippen LogP contribution in [0.5, 0.6) is 11.6 Å². The fraction of sp³-hybridized carbons (Fsp3) is 0.346. The molecule has 1 aliphatic rings. The van der Waals surface area contributed by atoms with Gasteiger partial charge in [0.1, 0.15) is 16.8 Å². The van der Waals surface area contributed by atoms with Gasteiger partial charge in [-0.15, -0.1) is 11.3 Å². The Morgan fingerprint density at radius 1 is 1.12 bits per heavy atom. The van der Waals surface area contributed by atoms with Crippen molar-refractivity contribution < 1.29 is 30.7 Å². The van der Waals surface area contributed by atoms with E-state index in [2.05, 4.69) is 30.3 Å². The largest absolute Gasteiger partial charge is 0.437 e. The molecule has 0 unspecified atom stereocenters. The zero-order chi connectivity index (χ0) is 29.4. The molecule has 5 rings (SSSR count). The van der Waals surface area contributed by atoms with E-state index in [9.17, 15) is 26.0 Å². The van der Waals surface area contributed by atoms with Crippen molar-refractivity contribution in [2.24, 2.45) is 0 Å². The minimum atomic E-state index is -4.89. The monoisotopic (exact) mass is 610 g/mol. The minimum absolute atomic E-state index is 0.00335. The highest BCUT2D eigenvalue weighted by Gasteiger charge is 2.35. The fourth-order valence-corrected chi connectivity index (χ4v) is 6.42. The number of alkyl halides is 4. The van der Waals surface area contributed by atoms with E-state index in [0.717, 1.165) is 0 Å². The quantitative estimate of drug-likeness (QED) is 0.222. The molecule has 3 heterocycles. The van der Waals surface area contributed by atoms with E-state index in [1.54, 1.807) is 50.4 Å². The smallest absolute Gasteiger partial charge is 0.404 e. The molecule has 218 valence electrons. The number of anilines is 2. The predicted molar refractivity (Wildman–Crippen MR) is 150 cm³/mol. The Morgan fingerprint density at radius 2 is 1.88 bits per heavy atom. The maximum Gasteiger partial charge on any atom is 0.404 e. The topological polar surface area (TPSA) is 118 Å². The van der Waals surface area contributed by atoms with Crippen LogP contribution in [0.2, 0.25) is 0 Å². The van der Waals surface area contributed by atoms with Gasteiger partial charge >= 0.3 is 6.18 Å². The molecule has 0 aliphatic carbocycles. The van der Waals surface area contributed by atoms with Crippen LogP contribution >= 0.6 is 11.3 Å². The van der Waals surface area contributed by atoms with Gasteiger partial charge in [0.25, 0.3) is 0 Å². The Morgan fingerprint density at radius 3 is 2.61 bits per heavy atom. The first-order valence-electron chi connectivity index (χ1n) is 12.6. The molecule has 4 aromatic rings. The third-order valence-corrected chi connectivity index (χ3v) is 8.43. The third-order valence-electron chi connectivity index (χ3n) is 6.22. The summed E-state index contributed by atoms with van der Waals surface area (Å²) in [7, 11) is -4.70. The van der Waals surface area contributed by atoms with Crippen LogP contribution in [0.4, 0.5) is 29.2 Å². The maximum absolute atomic E-state index is 13.8. The van der Waals surface area contributed by atoms with Crippen molar-refractivity contribution in [1.29, 1.82) is 0 Å². The maximum atomic E-state index is 13.8. The minimum Gasteiger partial charge on any atom is -0.437 e. The summed E-state index contributed by atoms with van der Waals surface area (Å²) in [5.41, 5.74) is 1.01. The molecule has 0 radical (unpaired) electrons. The van der Waals surface area contributed by atoms with Gasteiger partial charge < -0.3 is 15.4 Å². The van der Waals surface area contributed by atoms with Crippen LogP contribution in [0.25, 0.3) is 21.3 Å². The lowest BCUT2D eigenvalue weighted by Crippen LogP contribution is -2.44. The zero-order valence-corrected chi connectivity index (χ0v) is 23.6. The van der Waals surface area contributed by atoms with Crippen LogP contribution < -0.4 is 20.1 Å². The van der Waals surface area contributed by atoms with Crippen LogP contribution in [0.15, 0.2) is 42.6 Å². The van der Waals surface area contributed by atoms with Crippen molar-refractivity contribution in [2.75, 3.05) is 28.9 Å². The molecular weight excluding hydrogens is 584 g/mol. The molecule has 3 N–H and O–H groups in total. The molecule has 15 heteroatoms. The number of nitrogens with one attached hydrogen (secondary N) is 3. The van der Waals surface area contributed by atoms with E-state index in [-0.39, 0.29) is 17.6 Å². The van der Waals surface area contributed by atoms with Crippen LogP contribution in [0.3, 0.4) is 0 Å². The summed E-state index contributed by atoms with van der Waals surface area (Å²) >= 11 is 1.34. The molecule has 0 spiro atoms. The summed E-state index contributed by atoms with van der Waals surface area (Å²) in [4.78, 5) is 14.0. The Labute approximate surface area is 237 Å². The summed E-state index contributed by atoms with van der Waals surface area (Å²) in [6.07, 6.45) is -3.94. The highest BCUT2D eigenvalue weighted by molar-refractivity contribution is 7.92. The van der Waals surface area contributed by atoms with Gasteiger partial charge in [0.2, 0.25) is 21.9 Å². The Bertz CT molecular complexity index is 1680. The number of piperidine rings is 1. The lowest BCUT2D eigenvalue weighted by atomic mass is 10.0. The number of sulfonamides is 1. The molecule has 1 fully saturated rings. The highest BCUT2D eigenvalue weighted by Crippen LogP contribution is 2.42. The second-order valence-corrected chi connectivity index (χ2v) is 12.6. The molecule has 1 saturated heterocycles. The summed E-state index contributed by atoms with van der Waals surface area (Å²) in [6.45, 7) is 4.36. The van der Waals surface area contributed by atoms with Crippen LogP contribution in [0, 0.1) is 13.8 Å². The van der Waals surface area contributed by atoms with Gasteiger partial charge in [-0.25, -0.2) is 27.8 Å². The first-order chi connectivity index (χ1) is 19.4. The number of rotatable bonds is 8. The lowest BCUT2D eigenvalue weighted by Gasteiger charge is -2.26. The molecule has 2 aromatic heterocycles. The van der Waals surface area contributed by atoms with E-state index >= 15 is 0 Å². The summed E-state index contributed by atoms with van der Waals surface area (Å²) in [5.74, 6) is -1.06. The first kappa shape index (κ1) is 29.0. The van der Waals surface area contributed by atoms with Crippen molar-refractivity contribution in [3.05, 3.63) is 53.2 Å². The van der Waals surface area contributed by atoms with E-state index < -0.39 is 28.1 Å². The molecule has 0 amide bonds. The van der Waals surface area contributed by atoms with Crippen molar-refractivity contribution in [2.45, 2.75) is 38.7 Å². The van der Waals surface area contributed by atoms with Crippen molar-refractivity contribution in [1.82, 2.24) is 20.3 Å². The van der Waals surface area contributed by atoms with Crippen molar-refractivity contribution >= 4 is 43.8 Å². The molecule has 9 nitrogen and oxygen atoms in total. The second-order valence-electron chi connectivity index (χ2n) is 9.66. The molecule has 2 aromatic carbocycles. The fourth-order valence-electron chi connectivity index (χ4n) is 4.60. The molecule has 2 atom stereocenters. The molecule has 41 heavy (non-hydrogen) atoms. The summed E-state index contributed by atoms with van der Waals surface area (Å²) < 4.78 is 85.0. The van der Waals surface area contributed by atoms with E-state index in [1.807, 2.05) is 0 Å². The first-order valence-corrected chi connectivity index (χ1v) is 15.0. The number of aryl methyl sites for hydroxylation is 2. The number of ether oxygens (including phenoxy) is 1. The van der Waals surface area contributed by atoms with Crippen LogP contribution in [-0.2, 0) is 10.0 Å². The number of thiazole rings is 1. The molecule has 0 bridgehead atoms. The Hall–Kier alpha value is -3.56. The zero-order valence-electron chi connectivity index (χ0n) is 21.9. The Balaban J connectivity index is 1.47. The predicted octanol–water partition coefficient (Wildman–Crippen LogP) is 5.58. The van der Waals surface area contributed by atoms with Gasteiger partial charge in [-0.1, -0.05) is 24.3 Å². The van der Waals surface area contributed by atoms with Gasteiger partial charge in [0.05, 0.1) is 16.4 Å².